The van der Waals surface area contributed by atoms with E-state index in [4.69, 9.17) is 14.7 Å². The number of hydrogen-bond donors (Lipinski definition) is 1. The van der Waals surface area contributed by atoms with Gasteiger partial charge in [-0.2, -0.15) is 0 Å². The van der Waals surface area contributed by atoms with Crippen molar-refractivity contribution in [2.45, 2.75) is 26.2 Å². The lowest BCUT2D eigenvalue weighted by atomic mass is 10.2. The minimum atomic E-state index is 0.593. The number of anilines is 1. The predicted octanol–water partition coefficient (Wildman–Crippen LogP) is 4.25. The Kier molecular flexibility index (Phi) is 4.95. The fourth-order valence-electron chi connectivity index (χ4n) is 3.24. The summed E-state index contributed by atoms with van der Waals surface area (Å²) >= 11 is 1.80. The topological polar surface area (TPSA) is 59.9 Å². The predicted molar refractivity (Wildman–Crippen MR) is 107 cm³/mol. The third-order valence-corrected chi connectivity index (χ3v) is 5.56. The van der Waals surface area contributed by atoms with E-state index in [-0.39, 0.29) is 0 Å². The number of nitrogens with one attached hydrogen (secondary N) is 1. The Balaban J connectivity index is 1.65. The van der Waals surface area contributed by atoms with Crippen molar-refractivity contribution >= 4 is 27.4 Å². The van der Waals surface area contributed by atoms with E-state index in [0.717, 1.165) is 40.5 Å². The van der Waals surface area contributed by atoms with Crippen LogP contribution >= 0.6 is 11.3 Å². The Bertz CT molecular complexity index is 936. The molecule has 134 valence electrons. The first-order chi connectivity index (χ1) is 12.7. The van der Waals surface area contributed by atoms with Crippen molar-refractivity contribution in [3.8, 4) is 11.4 Å². The van der Waals surface area contributed by atoms with Gasteiger partial charge in [0.15, 0.2) is 5.82 Å². The van der Waals surface area contributed by atoms with Crippen LogP contribution in [0, 0.1) is 0 Å². The molecule has 26 heavy (non-hydrogen) atoms. The maximum atomic E-state index is 5.61. The highest BCUT2D eigenvalue weighted by Gasteiger charge is 2.22. The number of aryl methyl sites for hydroxylation is 2. The molecule has 0 fully saturated rings. The van der Waals surface area contributed by atoms with Gasteiger partial charge in [-0.25, -0.2) is 9.97 Å². The molecule has 4 rings (SSSR count). The second-order valence-corrected chi connectivity index (χ2v) is 7.70. The average Bonchev–Trinajstić information content (AvgIpc) is 3.22. The van der Waals surface area contributed by atoms with Crippen molar-refractivity contribution in [1.82, 2.24) is 15.0 Å². The summed E-state index contributed by atoms with van der Waals surface area (Å²) in [5.74, 6) is 1.63. The summed E-state index contributed by atoms with van der Waals surface area (Å²) in [6.45, 7) is 7.74. The van der Waals surface area contributed by atoms with Crippen molar-refractivity contribution in [3.05, 3.63) is 47.1 Å². The Hall–Kier alpha value is -2.31. The molecule has 0 saturated carbocycles. The number of thiophene rings is 1. The Labute approximate surface area is 157 Å². The van der Waals surface area contributed by atoms with Gasteiger partial charge in [0.25, 0.3) is 0 Å². The molecule has 0 aliphatic heterocycles. The number of nitrogens with zero attached hydrogens (tertiary/aromatic N) is 3. The van der Waals surface area contributed by atoms with E-state index >= 15 is 0 Å². The molecule has 3 heterocycles. The van der Waals surface area contributed by atoms with Gasteiger partial charge in [-0.3, -0.25) is 4.98 Å². The van der Waals surface area contributed by atoms with Gasteiger partial charge >= 0.3 is 0 Å². The lowest BCUT2D eigenvalue weighted by molar-refractivity contribution is 0.167. The minimum Gasteiger partial charge on any atom is -0.375 e. The lowest BCUT2D eigenvalue weighted by Crippen LogP contribution is -2.12. The Morgan fingerprint density at radius 1 is 1.35 bits per heavy atom. The molecular weight excluding hydrogens is 344 g/mol. The molecule has 1 aliphatic carbocycles. The molecule has 0 saturated heterocycles. The van der Waals surface area contributed by atoms with Gasteiger partial charge in [0.2, 0.25) is 0 Å². The zero-order chi connectivity index (χ0) is 17.9. The van der Waals surface area contributed by atoms with Crippen molar-refractivity contribution in [2.24, 2.45) is 0 Å². The zero-order valence-corrected chi connectivity index (χ0v) is 15.7. The third kappa shape index (κ3) is 3.48. The fraction of sp³-hybridized carbons (Fsp3) is 0.350. The highest BCUT2D eigenvalue weighted by molar-refractivity contribution is 7.19. The molecule has 0 aromatic carbocycles. The van der Waals surface area contributed by atoms with Crippen molar-refractivity contribution in [3.63, 3.8) is 0 Å². The number of pyridine rings is 1. The van der Waals surface area contributed by atoms with Gasteiger partial charge < -0.3 is 10.1 Å². The van der Waals surface area contributed by atoms with Crippen molar-refractivity contribution in [1.29, 1.82) is 0 Å². The highest BCUT2D eigenvalue weighted by atomic mass is 32.1. The number of aromatic nitrogens is 3. The molecule has 1 N–H and O–H groups in total. The fourth-order valence-corrected chi connectivity index (χ4v) is 4.50. The van der Waals surface area contributed by atoms with Crippen LogP contribution in [0.25, 0.3) is 21.6 Å². The van der Waals surface area contributed by atoms with E-state index in [2.05, 4.69) is 16.9 Å². The molecule has 5 nitrogen and oxygen atoms in total. The van der Waals surface area contributed by atoms with E-state index < -0.39 is 0 Å². The molecular formula is C20H22N4OS. The van der Waals surface area contributed by atoms with Crippen LogP contribution in [0.3, 0.4) is 0 Å². The van der Waals surface area contributed by atoms with Gasteiger partial charge in [0.05, 0.1) is 18.6 Å². The monoisotopic (exact) mass is 366 g/mol. The summed E-state index contributed by atoms with van der Waals surface area (Å²) in [6, 6.07) is 3.91. The quantitative estimate of drug-likeness (QED) is 0.500. The first kappa shape index (κ1) is 17.1. The standard InChI is InChI=1S/C20H22N4OS/c1-13(2)12-25-10-9-22-19-17-15-6-3-7-16(15)26-20(17)24-18(23-19)14-5-4-8-21-11-14/h4-5,8,11H,1,3,6-7,9-10,12H2,2H3,(H,22,23,24). The molecule has 3 aromatic heterocycles. The summed E-state index contributed by atoms with van der Waals surface area (Å²) in [5.41, 5.74) is 3.39. The Morgan fingerprint density at radius 2 is 2.27 bits per heavy atom. The van der Waals surface area contributed by atoms with Crippen molar-refractivity contribution < 1.29 is 4.74 Å². The maximum Gasteiger partial charge on any atom is 0.164 e. The summed E-state index contributed by atoms with van der Waals surface area (Å²) in [7, 11) is 0. The summed E-state index contributed by atoms with van der Waals surface area (Å²) in [6.07, 6.45) is 7.07. The second-order valence-electron chi connectivity index (χ2n) is 6.61. The Morgan fingerprint density at radius 3 is 3.08 bits per heavy atom. The molecule has 0 amide bonds. The normalized spacial score (nSPS) is 13.1. The number of rotatable bonds is 7. The third-order valence-electron chi connectivity index (χ3n) is 4.37. The van der Waals surface area contributed by atoms with Crippen LogP contribution in [0.2, 0.25) is 0 Å². The number of ether oxygens (including phenoxy) is 1. The van der Waals surface area contributed by atoms with E-state index in [0.29, 0.717) is 19.8 Å². The number of fused-ring (bicyclic) bond motifs is 3. The summed E-state index contributed by atoms with van der Waals surface area (Å²) in [4.78, 5) is 16.4. The molecule has 6 heteroatoms. The molecule has 1 aliphatic rings. The molecule has 0 atom stereocenters. The van der Waals surface area contributed by atoms with Crippen LogP contribution in [-0.2, 0) is 17.6 Å². The molecule has 0 bridgehead atoms. The van der Waals surface area contributed by atoms with E-state index in [1.54, 1.807) is 17.5 Å². The van der Waals surface area contributed by atoms with E-state index in [1.165, 1.54) is 22.2 Å². The van der Waals surface area contributed by atoms with Crippen molar-refractivity contribution in [2.75, 3.05) is 25.1 Å². The van der Waals surface area contributed by atoms with Gasteiger partial charge in [0, 0.05) is 29.4 Å². The molecule has 0 spiro atoms. The van der Waals surface area contributed by atoms with Crippen LogP contribution in [0.1, 0.15) is 23.8 Å². The van der Waals surface area contributed by atoms with Crippen LogP contribution in [0.4, 0.5) is 5.82 Å². The van der Waals surface area contributed by atoms with Crippen LogP contribution in [-0.4, -0.2) is 34.7 Å². The summed E-state index contributed by atoms with van der Waals surface area (Å²) in [5, 5.41) is 4.66. The van der Waals surface area contributed by atoms with Crippen LogP contribution < -0.4 is 5.32 Å². The van der Waals surface area contributed by atoms with Gasteiger partial charge in [-0.15, -0.1) is 11.3 Å². The van der Waals surface area contributed by atoms with E-state index in [1.807, 2.05) is 25.3 Å². The average molecular weight is 366 g/mol. The maximum absolute atomic E-state index is 5.61. The highest BCUT2D eigenvalue weighted by Crippen LogP contribution is 2.40. The second kappa shape index (κ2) is 7.51. The van der Waals surface area contributed by atoms with Crippen LogP contribution in [0.15, 0.2) is 36.7 Å². The van der Waals surface area contributed by atoms with Gasteiger partial charge in [0.1, 0.15) is 10.6 Å². The SMILES string of the molecule is C=C(C)COCCNc1nc(-c2cccnc2)nc2sc3c(c12)CCC3. The summed E-state index contributed by atoms with van der Waals surface area (Å²) < 4.78 is 5.61. The van der Waals surface area contributed by atoms with Crippen LogP contribution in [0.5, 0.6) is 0 Å². The number of hydrogen-bond acceptors (Lipinski definition) is 6. The molecule has 0 radical (unpaired) electrons. The first-order valence-corrected chi connectivity index (χ1v) is 9.72. The smallest absolute Gasteiger partial charge is 0.164 e. The first-order valence-electron chi connectivity index (χ1n) is 8.91. The molecule has 0 unspecified atom stereocenters. The molecule has 3 aromatic rings. The largest absolute Gasteiger partial charge is 0.375 e. The van der Waals surface area contributed by atoms with E-state index in [9.17, 15) is 0 Å². The minimum absolute atomic E-state index is 0.593. The lowest BCUT2D eigenvalue weighted by Gasteiger charge is -2.10. The van der Waals surface area contributed by atoms with Gasteiger partial charge in [-0.1, -0.05) is 12.2 Å². The zero-order valence-electron chi connectivity index (χ0n) is 14.9. The van der Waals surface area contributed by atoms with Gasteiger partial charge in [-0.05, 0) is 43.9 Å².